The van der Waals surface area contributed by atoms with Crippen LogP contribution >= 0.6 is 0 Å². The molecule has 0 fully saturated rings. The molecule has 5 nitrogen and oxygen atoms in total. The van der Waals surface area contributed by atoms with E-state index in [-0.39, 0.29) is 11.8 Å². The van der Waals surface area contributed by atoms with E-state index in [0.29, 0.717) is 19.5 Å². The Bertz CT molecular complexity index is 275. The highest BCUT2D eigenvalue weighted by Crippen LogP contribution is 2.07. The summed E-state index contributed by atoms with van der Waals surface area (Å²) in [5, 5.41) is 12.0. The van der Waals surface area contributed by atoms with E-state index in [1.54, 1.807) is 11.8 Å². The summed E-state index contributed by atoms with van der Waals surface area (Å²) in [4.78, 5) is 24.8. The molecule has 0 saturated carbocycles. The van der Waals surface area contributed by atoms with Crippen LogP contribution in [0.3, 0.4) is 0 Å². The van der Waals surface area contributed by atoms with Gasteiger partial charge in [-0.15, -0.1) is 0 Å². The maximum Gasteiger partial charge on any atom is 0.320 e. The lowest BCUT2D eigenvalue weighted by molar-refractivity contribution is -0.141. The second-order valence-electron chi connectivity index (χ2n) is 4.92. The van der Waals surface area contributed by atoms with Gasteiger partial charge in [-0.2, -0.15) is 0 Å². The molecule has 0 aromatic carbocycles. The Morgan fingerprint density at radius 3 is 2.00 bits per heavy atom. The molecular formula is C13H26N2O3. The van der Waals surface area contributed by atoms with Crippen molar-refractivity contribution in [2.75, 3.05) is 13.1 Å². The Morgan fingerprint density at radius 2 is 1.67 bits per heavy atom. The second-order valence-corrected chi connectivity index (χ2v) is 4.92. The number of amides is 1. The van der Waals surface area contributed by atoms with Gasteiger partial charge in [0.1, 0.15) is 6.04 Å². The van der Waals surface area contributed by atoms with Gasteiger partial charge in [-0.1, -0.05) is 13.8 Å². The molecular weight excluding hydrogens is 232 g/mol. The van der Waals surface area contributed by atoms with E-state index in [9.17, 15) is 9.59 Å². The van der Waals surface area contributed by atoms with Crippen molar-refractivity contribution in [2.24, 2.45) is 5.92 Å². The van der Waals surface area contributed by atoms with Gasteiger partial charge in [0.15, 0.2) is 0 Å². The van der Waals surface area contributed by atoms with Crippen molar-refractivity contribution >= 4 is 11.9 Å². The van der Waals surface area contributed by atoms with Gasteiger partial charge in [0.05, 0.1) is 6.04 Å². The molecule has 5 heteroatoms. The highest BCUT2D eigenvalue weighted by Gasteiger charge is 2.25. The fourth-order valence-corrected chi connectivity index (χ4v) is 1.89. The Kier molecular flexibility index (Phi) is 7.59. The lowest BCUT2D eigenvalue weighted by Gasteiger charge is -2.26. The van der Waals surface area contributed by atoms with Crippen LogP contribution in [0.15, 0.2) is 0 Å². The van der Waals surface area contributed by atoms with Crippen LogP contribution in [0.2, 0.25) is 0 Å². The first-order valence-corrected chi connectivity index (χ1v) is 6.61. The number of hydrogen-bond donors (Lipinski definition) is 2. The minimum Gasteiger partial charge on any atom is -0.480 e. The monoisotopic (exact) mass is 258 g/mol. The summed E-state index contributed by atoms with van der Waals surface area (Å²) in [6.45, 7) is 10.8. The molecule has 0 radical (unpaired) electrons. The molecule has 0 aliphatic carbocycles. The molecule has 0 aliphatic rings. The number of hydrogen-bond acceptors (Lipinski definition) is 3. The Balaban J connectivity index is 4.54. The molecule has 2 unspecified atom stereocenters. The van der Waals surface area contributed by atoms with Crippen molar-refractivity contribution in [1.82, 2.24) is 10.2 Å². The number of aliphatic carboxylic acids is 1. The van der Waals surface area contributed by atoms with Crippen LogP contribution < -0.4 is 5.32 Å². The molecule has 106 valence electrons. The number of carboxylic acid groups (broad SMARTS) is 1. The quantitative estimate of drug-likeness (QED) is 0.689. The molecule has 0 aromatic heterocycles. The van der Waals surface area contributed by atoms with Crippen molar-refractivity contribution in [1.29, 1.82) is 0 Å². The largest absolute Gasteiger partial charge is 0.480 e. The number of carboxylic acids is 1. The van der Waals surface area contributed by atoms with E-state index < -0.39 is 18.1 Å². The molecule has 0 spiro atoms. The Hall–Kier alpha value is -1.10. The van der Waals surface area contributed by atoms with Crippen molar-refractivity contribution in [3.63, 3.8) is 0 Å². The number of nitrogens with zero attached hydrogens (tertiary/aromatic N) is 1. The zero-order valence-electron chi connectivity index (χ0n) is 12.1. The Labute approximate surface area is 110 Å². The molecule has 0 aliphatic heterocycles. The molecule has 1 amide bonds. The maximum atomic E-state index is 12.0. The maximum absolute atomic E-state index is 12.0. The zero-order chi connectivity index (χ0) is 14.3. The van der Waals surface area contributed by atoms with Gasteiger partial charge < -0.3 is 10.0 Å². The van der Waals surface area contributed by atoms with Crippen LogP contribution in [0, 0.1) is 5.92 Å². The summed E-state index contributed by atoms with van der Waals surface area (Å²) < 4.78 is 0. The normalized spacial score (nSPS) is 14.3. The standard InChI is InChI=1S/C13H26N2O3/c1-6-15(7-2)12(16)10(5)14-11(13(17)18)8-9(3)4/h9-11,14H,6-8H2,1-5H3,(H,17,18). The Morgan fingerprint density at radius 1 is 1.17 bits per heavy atom. The molecule has 0 aromatic rings. The average Bonchev–Trinajstić information content (AvgIpc) is 2.28. The van der Waals surface area contributed by atoms with E-state index in [0.717, 1.165) is 0 Å². The van der Waals surface area contributed by atoms with Crippen LogP contribution in [0.25, 0.3) is 0 Å². The molecule has 2 N–H and O–H groups in total. The summed E-state index contributed by atoms with van der Waals surface area (Å²) in [6.07, 6.45) is 0.519. The van der Waals surface area contributed by atoms with Crippen LogP contribution in [-0.4, -0.2) is 47.1 Å². The van der Waals surface area contributed by atoms with Crippen LogP contribution in [0.4, 0.5) is 0 Å². The number of carbonyl (C=O) groups excluding carboxylic acids is 1. The van der Waals surface area contributed by atoms with Crippen molar-refractivity contribution in [2.45, 2.75) is 53.1 Å². The highest BCUT2D eigenvalue weighted by molar-refractivity contribution is 5.82. The zero-order valence-corrected chi connectivity index (χ0v) is 12.1. The van der Waals surface area contributed by atoms with E-state index in [2.05, 4.69) is 5.32 Å². The lowest BCUT2D eigenvalue weighted by Crippen LogP contribution is -2.51. The number of rotatable bonds is 8. The van der Waals surface area contributed by atoms with Crippen LogP contribution in [0.5, 0.6) is 0 Å². The van der Waals surface area contributed by atoms with Crippen molar-refractivity contribution in [3.05, 3.63) is 0 Å². The summed E-state index contributed by atoms with van der Waals surface area (Å²) in [6, 6.07) is -1.13. The van der Waals surface area contributed by atoms with E-state index in [4.69, 9.17) is 5.11 Å². The van der Waals surface area contributed by atoms with E-state index >= 15 is 0 Å². The number of likely N-dealkylation sites (N-methyl/N-ethyl adjacent to an activating group) is 1. The van der Waals surface area contributed by atoms with Gasteiger partial charge >= 0.3 is 5.97 Å². The number of nitrogens with one attached hydrogen (secondary N) is 1. The number of carbonyl (C=O) groups is 2. The first-order valence-electron chi connectivity index (χ1n) is 6.61. The van der Waals surface area contributed by atoms with Crippen molar-refractivity contribution in [3.8, 4) is 0 Å². The fraction of sp³-hybridized carbons (Fsp3) is 0.846. The second kappa shape index (κ2) is 8.08. The van der Waals surface area contributed by atoms with E-state index in [1.807, 2.05) is 27.7 Å². The first kappa shape index (κ1) is 16.9. The van der Waals surface area contributed by atoms with E-state index in [1.165, 1.54) is 0 Å². The van der Waals surface area contributed by atoms with Gasteiger partial charge in [-0.25, -0.2) is 0 Å². The lowest BCUT2D eigenvalue weighted by atomic mass is 10.0. The van der Waals surface area contributed by atoms with Gasteiger partial charge in [-0.3, -0.25) is 14.9 Å². The predicted octanol–water partition coefficient (Wildman–Crippen LogP) is 1.33. The molecule has 0 heterocycles. The van der Waals surface area contributed by atoms with Crippen molar-refractivity contribution < 1.29 is 14.7 Å². The molecule has 2 atom stereocenters. The summed E-state index contributed by atoms with van der Waals surface area (Å²) in [7, 11) is 0. The first-order chi connectivity index (χ1) is 8.33. The minimum atomic E-state index is -0.900. The minimum absolute atomic E-state index is 0.0463. The predicted molar refractivity (Wildman–Crippen MR) is 71.4 cm³/mol. The summed E-state index contributed by atoms with van der Waals surface area (Å²) in [5.41, 5.74) is 0. The molecule has 18 heavy (non-hydrogen) atoms. The van der Waals surface area contributed by atoms with Gasteiger partial charge in [0, 0.05) is 13.1 Å². The topological polar surface area (TPSA) is 69.6 Å². The van der Waals surface area contributed by atoms with Gasteiger partial charge in [-0.05, 0) is 33.1 Å². The molecule has 0 bridgehead atoms. The third kappa shape index (κ3) is 5.49. The van der Waals surface area contributed by atoms with Gasteiger partial charge in [0.25, 0.3) is 0 Å². The summed E-state index contributed by atoms with van der Waals surface area (Å²) >= 11 is 0. The highest BCUT2D eigenvalue weighted by atomic mass is 16.4. The average molecular weight is 258 g/mol. The molecule has 0 saturated heterocycles. The fourth-order valence-electron chi connectivity index (χ4n) is 1.89. The third-order valence-electron chi connectivity index (χ3n) is 2.90. The SMILES string of the molecule is CCN(CC)C(=O)C(C)NC(CC(C)C)C(=O)O. The van der Waals surface area contributed by atoms with Crippen LogP contribution in [-0.2, 0) is 9.59 Å². The third-order valence-corrected chi connectivity index (χ3v) is 2.90. The van der Waals surface area contributed by atoms with Gasteiger partial charge in [0.2, 0.25) is 5.91 Å². The molecule has 0 rings (SSSR count). The summed E-state index contributed by atoms with van der Waals surface area (Å²) in [5.74, 6) is -0.674. The van der Waals surface area contributed by atoms with Crippen LogP contribution in [0.1, 0.15) is 41.0 Å². The smallest absolute Gasteiger partial charge is 0.320 e.